The molecule has 2 aromatic carbocycles. The van der Waals surface area contributed by atoms with E-state index >= 15 is 0 Å². The smallest absolute Gasteiger partial charge is 0.311 e. The Morgan fingerprint density at radius 2 is 1.88 bits per heavy atom. The molecule has 2 rings (SSSR count). The summed E-state index contributed by atoms with van der Waals surface area (Å²) in [6.45, 7) is 2.48. The number of aliphatic carboxylic acids is 1. The Hall–Kier alpha value is -2.69. The molecule has 0 fully saturated rings. The number of methoxy groups -OCH3 is 2. The van der Waals surface area contributed by atoms with Gasteiger partial charge in [-0.25, -0.2) is 0 Å². The summed E-state index contributed by atoms with van der Waals surface area (Å²) in [5.74, 6) is 0.205. The van der Waals surface area contributed by atoms with Crippen LogP contribution in [0.4, 0.5) is 0 Å². The Morgan fingerprint density at radius 1 is 1.08 bits per heavy atom. The Bertz CT molecular complexity index is 696. The van der Waals surface area contributed by atoms with Crippen molar-refractivity contribution in [1.29, 1.82) is 0 Å². The maximum atomic E-state index is 11.9. The van der Waals surface area contributed by atoms with Gasteiger partial charge in [-0.15, -0.1) is 0 Å². The summed E-state index contributed by atoms with van der Waals surface area (Å²) in [4.78, 5) is 11.9. The second-order valence-electron chi connectivity index (χ2n) is 5.28. The van der Waals surface area contributed by atoms with Gasteiger partial charge in [0.15, 0.2) is 0 Å². The third-order valence-corrected chi connectivity index (χ3v) is 3.76. The zero-order chi connectivity index (χ0) is 17.5. The lowest BCUT2D eigenvalue weighted by molar-refractivity contribution is -0.138. The van der Waals surface area contributed by atoms with Crippen molar-refractivity contribution in [2.45, 2.75) is 19.3 Å². The van der Waals surface area contributed by atoms with Gasteiger partial charge in [0.1, 0.15) is 17.2 Å². The van der Waals surface area contributed by atoms with Crippen molar-refractivity contribution in [2.75, 3.05) is 20.8 Å². The molecule has 0 bridgehead atoms. The predicted molar refractivity (Wildman–Crippen MR) is 91.2 cm³/mol. The standard InChI is InChI=1S/C19H22O5/c1-4-24-15-7-5-6-13(10-15)11-17(19(20)21)16-12-14(22-2)8-9-18(16)23-3/h5-10,12,17H,4,11H2,1-3H3,(H,20,21). The minimum absolute atomic E-state index is 0.333. The normalized spacial score (nSPS) is 11.6. The molecule has 24 heavy (non-hydrogen) atoms. The molecule has 0 saturated carbocycles. The van der Waals surface area contributed by atoms with E-state index in [-0.39, 0.29) is 0 Å². The Balaban J connectivity index is 2.36. The second-order valence-corrected chi connectivity index (χ2v) is 5.28. The van der Waals surface area contributed by atoms with Crippen LogP contribution in [0.15, 0.2) is 42.5 Å². The van der Waals surface area contributed by atoms with Crippen molar-refractivity contribution in [1.82, 2.24) is 0 Å². The topological polar surface area (TPSA) is 65.0 Å². The SMILES string of the molecule is CCOc1cccc(CC(C(=O)O)c2cc(OC)ccc2OC)c1. The van der Waals surface area contributed by atoms with Crippen LogP contribution in [-0.2, 0) is 11.2 Å². The first kappa shape index (κ1) is 17.7. The van der Waals surface area contributed by atoms with Crippen molar-refractivity contribution in [3.8, 4) is 17.2 Å². The number of carboxylic acids is 1. The third kappa shape index (κ3) is 4.19. The summed E-state index contributed by atoms with van der Waals surface area (Å²) in [5.41, 5.74) is 1.48. The summed E-state index contributed by atoms with van der Waals surface area (Å²) in [6.07, 6.45) is 0.333. The quantitative estimate of drug-likeness (QED) is 0.802. The Kier molecular flexibility index (Phi) is 6.07. The number of hydrogen-bond donors (Lipinski definition) is 1. The number of benzene rings is 2. The van der Waals surface area contributed by atoms with Gasteiger partial charge in [0.25, 0.3) is 0 Å². The molecule has 5 heteroatoms. The van der Waals surface area contributed by atoms with E-state index < -0.39 is 11.9 Å². The summed E-state index contributed by atoms with van der Waals surface area (Å²) in [5, 5.41) is 9.72. The molecule has 1 unspecified atom stereocenters. The molecule has 0 radical (unpaired) electrons. The molecule has 1 N–H and O–H groups in total. The van der Waals surface area contributed by atoms with E-state index in [4.69, 9.17) is 14.2 Å². The van der Waals surface area contributed by atoms with Gasteiger partial charge < -0.3 is 19.3 Å². The average Bonchev–Trinajstić information content (AvgIpc) is 2.59. The number of hydrogen-bond acceptors (Lipinski definition) is 4. The summed E-state index contributed by atoms with van der Waals surface area (Å²) in [7, 11) is 3.08. The fourth-order valence-corrected chi connectivity index (χ4v) is 2.61. The number of carbonyl (C=O) groups is 1. The highest BCUT2D eigenvalue weighted by Crippen LogP contribution is 2.33. The van der Waals surface area contributed by atoms with Gasteiger partial charge in [-0.3, -0.25) is 4.79 Å². The summed E-state index contributed by atoms with van der Waals surface area (Å²) >= 11 is 0. The van der Waals surface area contributed by atoms with E-state index in [1.807, 2.05) is 31.2 Å². The van der Waals surface area contributed by atoms with Gasteiger partial charge in [-0.1, -0.05) is 12.1 Å². The summed E-state index contributed by atoms with van der Waals surface area (Å²) in [6, 6.07) is 12.7. The van der Waals surface area contributed by atoms with Crippen LogP contribution < -0.4 is 14.2 Å². The van der Waals surface area contributed by atoms with Crippen LogP contribution in [0.5, 0.6) is 17.2 Å². The molecule has 128 valence electrons. The second kappa shape index (κ2) is 8.24. The van der Waals surface area contributed by atoms with Crippen LogP contribution in [0, 0.1) is 0 Å². The van der Waals surface area contributed by atoms with Crippen LogP contribution in [0.25, 0.3) is 0 Å². The molecule has 0 amide bonds. The largest absolute Gasteiger partial charge is 0.497 e. The van der Waals surface area contributed by atoms with Gasteiger partial charge in [0.2, 0.25) is 0 Å². The maximum Gasteiger partial charge on any atom is 0.311 e. The molecule has 0 aromatic heterocycles. The zero-order valence-corrected chi connectivity index (χ0v) is 14.1. The fourth-order valence-electron chi connectivity index (χ4n) is 2.61. The Morgan fingerprint density at radius 3 is 2.50 bits per heavy atom. The maximum absolute atomic E-state index is 11.9. The van der Waals surface area contributed by atoms with E-state index in [0.717, 1.165) is 11.3 Å². The van der Waals surface area contributed by atoms with Crippen LogP contribution in [0.1, 0.15) is 24.0 Å². The lowest BCUT2D eigenvalue weighted by Crippen LogP contribution is -2.15. The third-order valence-electron chi connectivity index (χ3n) is 3.76. The van der Waals surface area contributed by atoms with Crippen molar-refractivity contribution in [3.05, 3.63) is 53.6 Å². The highest BCUT2D eigenvalue weighted by molar-refractivity contribution is 5.78. The van der Waals surface area contributed by atoms with E-state index in [1.54, 1.807) is 25.3 Å². The number of rotatable bonds is 8. The minimum Gasteiger partial charge on any atom is -0.497 e. The van der Waals surface area contributed by atoms with Crippen molar-refractivity contribution < 1.29 is 24.1 Å². The lowest BCUT2D eigenvalue weighted by Gasteiger charge is -2.17. The van der Waals surface area contributed by atoms with E-state index in [2.05, 4.69) is 0 Å². The molecular weight excluding hydrogens is 308 g/mol. The number of carboxylic acid groups (broad SMARTS) is 1. The molecule has 0 aliphatic heterocycles. The molecular formula is C19H22O5. The highest BCUT2D eigenvalue weighted by atomic mass is 16.5. The minimum atomic E-state index is -0.914. The molecule has 0 heterocycles. The molecule has 1 atom stereocenters. The van der Waals surface area contributed by atoms with Gasteiger partial charge in [0.05, 0.1) is 26.7 Å². The molecule has 0 aliphatic carbocycles. The molecule has 5 nitrogen and oxygen atoms in total. The first-order valence-corrected chi connectivity index (χ1v) is 7.75. The fraction of sp³-hybridized carbons (Fsp3) is 0.316. The predicted octanol–water partition coefficient (Wildman–Crippen LogP) is 3.51. The van der Waals surface area contributed by atoms with Crippen molar-refractivity contribution in [2.24, 2.45) is 0 Å². The first-order valence-electron chi connectivity index (χ1n) is 7.75. The Labute approximate surface area is 141 Å². The molecule has 2 aromatic rings. The van der Waals surface area contributed by atoms with Crippen molar-refractivity contribution >= 4 is 5.97 Å². The van der Waals surface area contributed by atoms with Gasteiger partial charge in [-0.05, 0) is 49.2 Å². The monoisotopic (exact) mass is 330 g/mol. The average molecular weight is 330 g/mol. The van der Waals surface area contributed by atoms with Crippen LogP contribution in [0.2, 0.25) is 0 Å². The van der Waals surface area contributed by atoms with E-state index in [9.17, 15) is 9.90 Å². The molecule has 0 spiro atoms. The van der Waals surface area contributed by atoms with Crippen LogP contribution in [-0.4, -0.2) is 31.9 Å². The lowest BCUT2D eigenvalue weighted by atomic mass is 9.91. The first-order chi connectivity index (χ1) is 11.6. The highest BCUT2D eigenvalue weighted by Gasteiger charge is 2.24. The zero-order valence-electron chi connectivity index (χ0n) is 14.1. The van der Waals surface area contributed by atoms with E-state index in [0.29, 0.717) is 30.1 Å². The summed E-state index contributed by atoms with van der Waals surface area (Å²) < 4.78 is 16.0. The van der Waals surface area contributed by atoms with E-state index in [1.165, 1.54) is 7.11 Å². The van der Waals surface area contributed by atoms with Gasteiger partial charge in [0, 0.05) is 5.56 Å². The van der Waals surface area contributed by atoms with Gasteiger partial charge in [-0.2, -0.15) is 0 Å². The van der Waals surface area contributed by atoms with Gasteiger partial charge >= 0.3 is 5.97 Å². The van der Waals surface area contributed by atoms with Crippen molar-refractivity contribution in [3.63, 3.8) is 0 Å². The molecule has 0 saturated heterocycles. The number of ether oxygens (including phenoxy) is 3. The molecule has 0 aliphatic rings. The van der Waals surface area contributed by atoms with Crippen LogP contribution >= 0.6 is 0 Å². The van der Waals surface area contributed by atoms with Crippen LogP contribution in [0.3, 0.4) is 0 Å².